The largest absolute Gasteiger partial charge is 0.493 e. The standard InChI is InChI=1S/C32H40FN5O6S/c1-18(2)12-26(39)32(6,7)37-28(40)27-20(5)29(38-34-10-11-35-38)45-30(27)36(31(37)41)14-25(44-19(3)4)23-13-22(33)8-9-24(23)43-17-21-15-42-16-21/h8-11,13,18-19,21,25H,12,14-17H2,1-7H3/t25-/m0/s1. The molecule has 0 amide bonds. The van der Waals surface area contributed by atoms with Crippen LogP contribution < -0.4 is 16.0 Å². The van der Waals surface area contributed by atoms with E-state index >= 15 is 0 Å². The molecule has 3 aromatic heterocycles. The summed E-state index contributed by atoms with van der Waals surface area (Å²) in [7, 11) is 0. The van der Waals surface area contributed by atoms with Crippen LogP contribution in [0.2, 0.25) is 0 Å². The van der Waals surface area contributed by atoms with Crippen LogP contribution in [0.25, 0.3) is 15.2 Å². The summed E-state index contributed by atoms with van der Waals surface area (Å²) in [5, 5.41) is 9.33. The molecule has 0 radical (unpaired) electrons. The van der Waals surface area contributed by atoms with E-state index in [1.54, 1.807) is 26.8 Å². The molecule has 45 heavy (non-hydrogen) atoms. The van der Waals surface area contributed by atoms with Gasteiger partial charge in [-0.1, -0.05) is 25.2 Å². The number of carbonyl (C=O) groups is 1. The maximum Gasteiger partial charge on any atom is 0.333 e. The monoisotopic (exact) mass is 641 g/mol. The average molecular weight is 642 g/mol. The number of halogens is 1. The highest BCUT2D eigenvalue weighted by atomic mass is 32.1. The molecule has 11 nitrogen and oxygen atoms in total. The minimum atomic E-state index is -1.45. The molecule has 242 valence electrons. The van der Waals surface area contributed by atoms with E-state index in [1.807, 2.05) is 27.7 Å². The van der Waals surface area contributed by atoms with Crippen LogP contribution in [-0.2, 0) is 26.4 Å². The van der Waals surface area contributed by atoms with Crippen molar-refractivity contribution < 1.29 is 23.4 Å². The highest BCUT2D eigenvalue weighted by molar-refractivity contribution is 7.21. The molecule has 1 atom stereocenters. The number of benzene rings is 1. The molecule has 0 spiro atoms. The van der Waals surface area contributed by atoms with Crippen LogP contribution in [-0.4, -0.2) is 55.8 Å². The van der Waals surface area contributed by atoms with Gasteiger partial charge in [0.25, 0.3) is 5.56 Å². The van der Waals surface area contributed by atoms with Crippen molar-refractivity contribution in [3.8, 4) is 10.8 Å². The smallest absolute Gasteiger partial charge is 0.333 e. The summed E-state index contributed by atoms with van der Waals surface area (Å²) >= 11 is 1.19. The molecule has 5 rings (SSSR count). The van der Waals surface area contributed by atoms with Gasteiger partial charge < -0.3 is 14.2 Å². The molecular weight excluding hydrogens is 601 g/mol. The number of Topliss-reactive ketones (excluding diaryl/α,β-unsaturated/α-hetero) is 1. The van der Waals surface area contributed by atoms with Gasteiger partial charge in [0.15, 0.2) is 5.78 Å². The van der Waals surface area contributed by atoms with E-state index in [-0.39, 0.29) is 42.1 Å². The van der Waals surface area contributed by atoms with E-state index in [2.05, 4.69) is 10.2 Å². The number of ether oxygens (including phenoxy) is 3. The predicted octanol–water partition coefficient (Wildman–Crippen LogP) is 4.79. The summed E-state index contributed by atoms with van der Waals surface area (Å²) in [5.74, 6) is -0.0284. The predicted molar refractivity (Wildman–Crippen MR) is 169 cm³/mol. The molecule has 1 aromatic carbocycles. The summed E-state index contributed by atoms with van der Waals surface area (Å²) in [4.78, 5) is 44.0. The highest BCUT2D eigenvalue weighted by Crippen LogP contribution is 2.35. The number of carbonyl (C=O) groups excluding carboxylic acids is 1. The second kappa shape index (κ2) is 13.0. The van der Waals surface area contributed by atoms with Crippen LogP contribution in [0.15, 0.2) is 40.2 Å². The van der Waals surface area contributed by atoms with Crippen molar-refractivity contribution in [2.45, 2.75) is 79.2 Å². The van der Waals surface area contributed by atoms with Gasteiger partial charge in [-0.25, -0.2) is 13.8 Å². The summed E-state index contributed by atoms with van der Waals surface area (Å²) in [6.45, 7) is 14.0. The van der Waals surface area contributed by atoms with Crippen molar-refractivity contribution in [1.82, 2.24) is 24.1 Å². The van der Waals surface area contributed by atoms with E-state index < -0.39 is 28.7 Å². The normalized spacial score (nSPS) is 14.8. The number of ketones is 1. The zero-order valence-electron chi connectivity index (χ0n) is 26.7. The molecule has 13 heteroatoms. The Morgan fingerprint density at radius 3 is 2.44 bits per heavy atom. The number of aromatic nitrogens is 5. The quantitative estimate of drug-likeness (QED) is 0.204. The van der Waals surface area contributed by atoms with Crippen LogP contribution >= 0.6 is 11.3 Å². The fraction of sp³-hybridized carbons (Fsp3) is 0.531. The fourth-order valence-corrected chi connectivity index (χ4v) is 6.66. The Bertz CT molecular complexity index is 1800. The van der Waals surface area contributed by atoms with Gasteiger partial charge in [0, 0.05) is 23.5 Å². The van der Waals surface area contributed by atoms with E-state index in [0.717, 1.165) is 4.57 Å². The molecule has 1 aliphatic rings. The second-order valence-corrected chi connectivity index (χ2v) is 13.7. The maximum atomic E-state index is 14.8. The van der Waals surface area contributed by atoms with Crippen molar-refractivity contribution in [2.75, 3.05) is 19.8 Å². The lowest BCUT2D eigenvalue weighted by Gasteiger charge is -2.29. The molecular formula is C32H40FN5O6S. The molecule has 1 saturated heterocycles. The van der Waals surface area contributed by atoms with E-state index in [0.29, 0.717) is 46.5 Å². The van der Waals surface area contributed by atoms with Crippen LogP contribution in [0.3, 0.4) is 0 Å². The fourth-order valence-electron chi connectivity index (χ4n) is 5.45. The SMILES string of the molecule is Cc1c(-n2nccn2)sc2c1c(=O)n(C(C)(C)C(=O)CC(C)C)c(=O)n2C[C@H](OC(C)C)c1cc(F)ccc1OCC1COC1. The zero-order chi connectivity index (χ0) is 32.6. The first-order valence-corrected chi connectivity index (χ1v) is 16.0. The number of thiophene rings is 1. The average Bonchev–Trinajstić information content (AvgIpc) is 3.57. The molecule has 0 bridgehead atoms. The van der Waals surface area contributed by atoms with Gasteiger partial charge in [-0.15, -0.1) is 4.80 Å². The summed E-state index contributed by atoms with van der Waals surface area (Å²) in [6, 6.07) is 4.24. The Balaban J connectivity index is 1.72. The maximum absolute atomic E-state index is 14.8. The third-order valence-electron chi connectivity index (χ3n) is 7.91. The Kier molecular flexibility index (Phi) is 9.43. The molecule has 1 fully saturated rings. The van der Waals surface area contributed by atoms with Gasteiger partial charge in [-0.3, -0.25) is 14.2 Å². The first-order chi connectivity index (χ1) is 21.3. The van der Waals surface area contributed by atoms with Crippen LogP contribution in [0.1, 0.15) is 65.2 Å². The summed E-state index contributed by atoms with van der Waals surface area (Å²) < 4.78 is 35.0. The minimum absolute atomic E-state index is 0.0283. The zero-order valence-corrected chi connectivity index (χ0v) is 27.5. The summed E-state index contributed by atoms with van der Waals surface area (Å²) in [5.41, 5.74) is -1.68. The van der Waals surface area contributed by atoms with Gasteiger partial charge in [-0.2, -0.15) is 10.2 Å². The number of fused-ring (bicyclic) bond motifs is 1. The van der Waals surface area contributed by atoms with E-state index in [4.69, 9.17) is 14.2 Å². The van der Waals surface area contributed by atoms with Crippen LogP contribution in [0.5, 0.6) is 5.75 Å². The first kappa shape index (κ1) is 32.7. The number of aryl methyl sites for hydroxylation is 1. The van der Waals surface area contributed by atoms with Gasteiger partial charge in [0.05, 0.1) is 50.2 Å². The lowest BCUT2D eigenvalue weighted by molar-refractivity contribution is -0.127. The van der Waals surface area contributed by atoms with Crippen molar-refractivity contribution in [2.24, 2.45) is 11.8 Å². The number of nitrogens with zero attached hydrogens (tertiary/aromatic N) is 5. The topological polar surface area (TPSA) is 119 Å². The van der Waals surface area contributed by atoms with Crippen molar-refractivity contribution >= 4 is 27.3 Å². The van der Waals surface area contributed by atoms with Crippen molar-refractivity contribution in [1.29, 1.82) is 0 Å². The molecule has 0 N–H and O–H groups in total. The number of hydrogen-bond donors (Lipinski definition) is 0. The van der Waals surface area contributed by atoms with E-state index in [9.17, 15) is 18.8 Å². The Hall–Kier alpha value is -3.68. The molecule has 0 saturated carbocycles. The molecule has 4 aromatic rings. The third kappa shape index (κ3) is 6.52. The molecule has 4 heterocycles. The van der Waals surface area contributed by atoms with Crippen molar-refractivity contribution in [3.63, 3.8) is 0 Å². The van der Waals surface area contributed by atoms with Gasteiger partial charge >= 0.3 is 5.69 Å². The molecule has 0 unspecified atom stereocenters. The number of hydrogen-bond acceptors (Lipinski definition) is 9. The Labute approximate surface area is 264 Å². The van der Waals surface area contributed by atoms with Gasteiger partial charge in [0.2, 0.25) is 0 Å². The van der Waals surface area contributed by atoms with Crippen LogP contribution in [0.4, 0.5) is 4.39 Å². The second-order valence-electron chi connectivity index (χ2n) is 12.7. The van der Waals surface area contributed by atoms with Crippen LogP contribution in [0, 0.1) is 24.6 Å². The molecule has 0 aliphatic carbocycles. The minimum Gasteiger partial charge on any atom is -0.493 e. The molecule has 1 aliphatic heterocycles. The lowest BCUT2D eigenvalue weighted by atomic mass is 9.91. The first-order valence-electron chi connectivity index (χ1n) is 15.1. The van der Waals surface area contributed by atoms with E-state index in [1.165, 1.54) is 45.2 Å². The Morgan fingerprint density at radius 2 is 1.84 bits per heavy atom. The van der Waals surface area contributed by atoms with Gasteiger partial charge in [-0.05, 0) is 58.7 Å². The Morgan fingerprint density at radius 1 is 1.16 bits per heavy atom. The van der Waals surface area contributed by atoms with Gasteiger partial charge in [0.1, 0.15) is 33.0 Å². The highest BCUT2D eigenvalue weighted by Gasteiger charge is 2.36. The van der Waals surface area contributed by atoms with Crippen molar-refractivity contribution in [3.05, 3.63) is 68.4 Å². The lowest BCUT2D eigenvalue weighted by Crippen LogP contribution is -2.53. The summed E-state index contributed by atoms with van der Waals surface area (Å²) in [6.07, 6.45) is 2.09. The third-order valence-corrected chi connectivity index (χ3v) is 9.19. The number of rotatable bonds is 13.